The van der Waals surface area contributed by atoms with E-state index >= 15 is 0 Å². The molecule has 34 heavy (non-hydrogen) atoms. The second kappa shape index (κ2) is 8.58. The molecule has 3 heterocycles. The van der Waals surface area contributed by atoms with Crippen LogP contribution in [0.3, 0.4) is 0 Å². The fourth-order valence-corrected chi connectivity index (χ4v) is 5.76. The third kappa shape index (κ3) is 3.63. The number of aryl methyl sites for hydroxylation is 1. The first-order valence-electron chi connectivity index (χ1n) is 10.2. The maximum Gasteiger partial charge on any atom is 0.294 e. The normalized spacial score (nSPS) is 15.9. The van der Waals surface area contributed by atoms with Crippen LogP contribution in [0.4, 0.5) is 14.5 Å². The SMILES string of the molecule is Cc1nc(-c2ccccc2)sc1C(=O)C1=C(O)C(=O)N(c2ccc(F)cc2F)C1c1cccs1. The maximum atomic E-state index is 14.7. The molecule has 2 aromatic carbocycles. The highest BCUT2D eigenvalue weighted by atomic mass is 32.1. The van der Waals surface area contributed by atoms with Crippen molar-refractivity contribution in [2.24, 2.45) is 0 Å². The van der Waals surface area contributed by atoms with E-state index in [1.807, 2.05) is 30.3 Å². The number of aliphatic hydroxyl groups excluding tert-OH is 1. The van der Waals surface area contributed by atoms with Crippen LogP contribution in [0.2, 0.25) is 0 Å². The summed E-state index contributed by atoms with van der Waals surface area (Å²) in [6.45, 7) is 1.68. The molecule has 0 saturated heterocycles. The van der Waals surface area contributed by atoms with Gasteiger partial charge in [0.2, 0.25) is 5.78 Å². The number of aliphatic hydroxyl groups is 1. The van der Waals surface area contributed by atoms with Gasteiger partial charge in [-0.15, -0.1) is 22.7 Å². The zero-order valence-electron chi connectivity index (χ0n) is 17.7. The van der Waals surface area contributed by atoms with Crippen LogP contribution in [-0.2, 0) is 4.79 Å². The molecule has 5 nitrogen and oxygen atoms in total. The minimum absolute atomic E-state index is 0.164. The lowest BCUT2D eigenvalue weighted by Gasteiger charge is -2.26. The molecule has 0 fully saturated rings. The molecule has 1 amide bonds. The van der Waals surface area contributed by atoms with Crippen molar-refractivity contribution in [2.75, 3.05) is 4.90 Å². The van der Waals surface area contributed by atoms with Gasteiger partial charge in [-0.25, -0.2) is 13.8 Å². The largest absolute Gasteiger partial charge is 0.503 e. The van der Waals surface area contributed by atoms with Gasteiger partial charge < -0.3 is 5.11 Å². The van der Waals surface area contributed by atoms with Gasteiger partial charge in [-0.05, 0) is 30.5 Å². The summed E-state index contributed by atoms with van der Waals surface area (Å²) in [5.41, 5.74) is 0.894. The molecular formula is C25H16F2N2O3S2. The monoisotopic (exact) mass is 494 g/mol. The van der Waals surface area contributed by atoms with Crippen LogP contribution in [0.5, 0.6) is 0 Å². The van der Waals surface area contributed by atoms with Gasteiger partial charge in [-0.2, -0.15) is 0 Å². The third-order valence-electron chi connectivity index (χ3n) is 5.46. The molecule has 2 aromatic heterocycles. The van der Waals surface area contributed by atoms with E-state index in [2.05, 4.69) is 4.98 Å². The molecule has 0 saturated carbocycles. The Morgan fingerprint density at radius 3 is 2.53 bits per heavy atom. The first-order chi connectivity index (χ1) is 16.4. The topological polar surface area (TPSA) is 70.5 Å². The van der Waals surface area contributed by atoms with Gasteiger partial charge in [0.15, 0.2) is 5.76 Å². The van der Waals surface area contributed by atoms with E-state index in [9.17, 15) is 23.5 Å². The number of ketones is 1. The number of benzene rings is 2. The number of carbonyl (C=O) groups excluding carboxylic acids is 2. The Kier molecular flexibility index (Phi) is 5.59. The Morgan fingerprint density at radius 1 is 1.09 bits per heavy atom. The van der Waals surface area contributed by atoms with Crippen molar-refractivity contribution in [2.45, 2.75) is 13.0 Å². The molecular weight excluding hydrogens is 478 g/mol. The molecule has 0 spiro atoms. The molecule has 170 valence electrons. The minimum Gasteiger partial charge on any atom is -0.503 e. The summed E-state index contributed by atoms with van der Waals surface area (Å²) in [5.74, 6) is -4.04. The van der Waals surface area contributed by atoms with Crippen LogP contribution in [0.1, 0.15) is 26.3 Å². The number of hydrogen-bond donors (Lipinski definition) is 1. The summed E-state index contributed by atoms with van der Waals surface area (Å²) in [4.78, 5) is 33.1. The Bertz CT molecular complexity index is 1450. The number of anilines is 1. The first kappa shape index (κ1) is 22.1. The van der Waals surface area contributed by atoms with Crippen LogP contribution in [-0.4, -0.2) is 21.8 Å². The van der Waals surface area contributed by atoms with E-state index in [4.69, 9.17) is 0 Å². The molecule has 0 bridgehead atoms. The summed E-state index contributed by atoms with van der Waals surface area (Å²) < 4.78 is 28.2. The van der Waals surface area contributed by atoms with Crippen LogP contribution in [0.15, 0.2) is 77.4 Å². The Morgan fingerprint density at radius 2 is 1.85 bits per heavy atom. The van der Waals surface area contributed by atoms with E-state index in [1.54, 1.807) is 24.4 Å². The van der Waals surface area contributed by atoms with Gasteiger partial charge in [0.1, 0.15) is 22.7 Å². The fourth-order valence-electron chi connectivity index (χ4n) is 3.91. The average molecular weight is 495 g/mol. The zero-order valence-corrected chi connectivity index (χ0v) is 19.3. The lowest BCUT2D eigenvalue weighted by Crippen LogP contribution is -2.31. The number of hydrogen-bond acceptors (Lipinski definition) is 6. The van der Waals surface area contributed by atoms with Gasteiger partial charge in [0.25, 0.3) is 5.91 Å². The number of thiophene rings is 1. The second-order valence-corrected chi connectivity index (χ2v) is 9.56. The van der Waals surface area contributed by atoms with E-state index < -0.39 is 35.1 Å². The van der Waals surface area contributed by atoms with Gasteiger partial charge in [0.05, 0.1) is 21.8 Å². The van der Waals surface area contributed by atoms with Crippen molar-refractivity contribution in [1.82, 2.24) is 4.98 Å². The lowest BCUT2D eigenvalue weighted by molar-refractivity contribution is -0.117. The molecule has 4 aromatic rings. The first-order valence-corrected chi connectivity index (χ1v) is 11.9. The van der Waals surface area contributed by atoms with E-state index in [1.165, 1.54) is 11.3 Å². The Balaban J connectivity index is 1.62. The number of amides is 1. The standard InChI is InChI=1S/C25H16F2N2O3S2/c1-13-23(34-24(28-13)14-6-3-2-4-7-14)21(30)19-20(18-8-5-11-33-18)29(25(32)22(19)31)17-10-9-15(26)12-16(17)27/h2-12,20,31H,1H3. The molecule has 1 N–H and O–H groups in total. The fraction of sp³-hybridized carbons (Fsp3) is 0.0800. The summed E-state index contributed by atoms with van der Waals surface area (Å²) in [7, 11) is 0. The molecule has 0 aliphatic carbocycles. The maximum absolute atomic E-state index is 14.7. The van der Waals surface area contributed by atoms with Crippen LogP contribution in [0.25, 0.3) is 10.6 Å². The van der Waals surface area contributed by atoms with Gasteiger partial charge in [-0.1, -0.05) is 36.4 Å². The summed E-state index contributed by atoms with van der Waals surface area (Å²) >= 11 is 2.41. The number of nitrogens with zero attached hydrogens (tertiary/aromatic N) is 2. The smallest absolute Gasteiger partial charge is 0.294 e. The summed E-state index contributed by atoms with van der Waals surface area (Å²) in [6, 6.07) is 14.5. The predicted molar refractivity (Wildman–Crippen MR) is 127 cm³/mol. The molecule has 1 aliphatic rings. The number of carbonyl (C=O) groups is 2. The highest BCUT2D eigenvalue weighted by molar-refractivity contribution is 7.17. The Hall–Kier alpha value is -3.69. The zero-order chi connectivity index (χ0) is 24.0. The van der Waals surface area contributed by atoms with Crippen molar-refractivity contribution in [1.29, 1.82) is 0 Å². The molecule has 0 radical (unpaired) electrons. The van der Waals surface area contributed by atoms with E-state index in [0.29, 0.717) is 21.6 Å². The molecule has 1 aliphatic heterocycles. The number of rotatable bonds is 5. The van der Waals surface area contributed by atoms with E-state index in [-0.39, 0.29) is 16.1 Å². The Labute approximate surface area is 201 Å². The third-order valence-corrected chi connectivity index (χ3v) is 7.59. The van der Waals surface area contributed by atoms with Crippen molar-refractivity contribution in [3.63, 3.8) is 0 Å². The molecule has 5 rings (SSSR count). The van der Waals surface area contributed by atoms with Crippen molar-refractivity contribution in [3.05, 3.63) is 104 Å². The van der Waals surface area contributed by atoms with Crippen molar-refractivity contribution < 1.29 is 23.5 Å². The van der Waals surface area contributed by atoms with Crippen LogP contribution >= 0.6 is 22.7 Å². The highest BCUT2D eigenvalue weighted by Gasteiger charge is 2.46. The minimum atomic E-state index is -1.07. The summed E-state index contributed by atoms with van der Waals surface area (Å²) in [5, 5.41) is 13.2. The number of halogens is 2. The number of thiazole rings is 1. The second-order valence-electron chi connectivity index (χ2n) is 7.58. The number of aromatic nitrogens is 1. The van der Waals surface area contributed by atoms with Crippen molar-refractivity contribution in [3.8, 4) is 10.6 Å². The highest BCUT2D eigenvalue weighted by Crippen LogP contribution is 2.45. The number of Topliss-reactive ketones (excluding diaryl/α,β-unsaturated/α-hetero) is 1. The van der Waals surface area contributed by atoms with Crippen LogP contribution in [0, 0.1) is 18.6 Å². The van der Waals surface area contributed by atoms with Gasteiger partial charge in [-0.3, -0.25) is 14.5 Å². The van der Waals surface area contributed by atoms with Gasteiger partial charge in [0, 0.05) is 16.5 Å². The predicted octanol–water partition coefficient (Wildman–Crippen LogP) is 6.24. The van der Waals surface area contributed by atoms with Crippen molar-refractivity contribution >= 4 is 40.1 Å². The van der Waals surface area contributed by atoms with Crippen LogP contribution < -0.4 is 4.90 Å². The van der Waals surface area contributed by atoms with Gasteiger partial charge >= 0.3 is 0 Å². The van der Waals surface area contributed by atoms with E-state index in [0.717, 1.165) is 33.9 Å². The molecule has 1 unspecified atom stereocenters. The lowest BCUT2D eigenvalue weighted by atomic mass is 10.00. The average Bonchev–Trinajstić information content (AvgIpc) is 3.54. The molecule has 9 heteroatoms. The molecule has 1 atom stereocenters. The quantitative estimate of drug-likeness (QED) is 0.334. The summed E-state index contributed by atoms with van der Waals surface area (Å²) in [6.07, 6.45) is 0.